The van der Waals surface area contributed by atoms with Crippen molar-refractivity contribution in [2.24, 2.45) is 0 Å². The van der Waals surface area contributed by atoms with Crippen LogP contribution < -0.4 is 0 Å². The molecule has 0 saturated carbocycles. The van der Waals surface area contributed by atoms with Gasteiger partial charge in [0.2, 0.25) is 0 Å². The SMILES string of the molecule is CC(O)CCc1ccc(Cl)c(Cl)c1. The van der Waals surface area contributed by atoms with E-state index in [1.165, 1.54) is 0 Å². The van der Waals surface area contributed by atoms with E-state index >= 15 is 0 Å². The van der Waals surface area contributed by atoms with Crippen molar-refractivity contribution in [2.75, 3.05) is 0 Å². The van der Waals surface area contributed by atoms with Crippen molar-refractivity contribution < 1.29 is 5.11 Å². The van der Waals surface area contributed by atoms with Gasteiger partial charge in [0, 0.05) is 0 Å². The molecule has 0 radical (unpaired) electrons. The van der Waals surface area contributed by atoms with E-state index in [0.29, 0.717) is 10.0 Å². The third kappa shape index (κ3) is 3.55. The van der Waals surface area contributed by atoms with Crippen LogP contribution >= 0.6 is 23.2 Å². The van der Waals surface area contributed by atoms with Crippen LogP contribution in [0.25, 0.3) is 0 Å². The van der Waals surface area contributed by atoms with E-state index in [4.69, 9.17) is 28.3 Å². The molecule has 0 saturated heterocycles. The molecule has 0 spiro atoms. The lowest BCUT2D eigenvalue weighted by Gasteiger charge is -2.04. The first-order valence-corrected chi connectivity index (χ1v) is 4.97. The summed E-state index contributed by atoms with van der Waals surface area (Å²) in [5.74, 6) is 0. The largest absolute Gasteiger partial charge is 0.393 e. The van der Waals surface area contributed by atoms with Gasteiger partial charge in [-0.25, -0.2) is 0 Å². The van der Waals surface area contributed by atoms with Crippen molar-refractivity contribution >= 4 is 23.2 Å². The minimum atomic E-state index is -0.269. The average molecular weight is 219 g/mol. The van der Waals surface area contributed by atoms with Crippen molar-refractivity contribution in [1.29, 1.82) is 0 Å². The van der Waals surface area contributed by atoms with Crippen molar-refractivity contribution in [1.82, 2.24) is 0 Å². The van der Waals surface area contributed by atoms with Crippen LogP contribution in [0.5, 0.6) is 0 Å². The maximum atomic E-state index is 9.08. The smallest absolute Gasteiger partial charge is 0.0595 e. The number of aliphatic hydroxyl groups excluding tert-OH is 1. The van der Waals surface area contributed by atoms with Gasteiger partial charge in [-0.3, -0.25) is 0 Å². The van der Waals surface area contributed by atoms with Crippen molar-refractivity contribution in [3.8, 4) is 0 Å². The summed E-state index contributed by atoms with van der Waals surface area (Å²) >= 11 is 11.6. The van der Waals surface area contributed by atoms with Crippen LogP contribution in [0.3, 0.4) is 0 Å². The molecule has 0 fully saturated rings. The Kier molecular flexibility index (Phi) is 4.04. The molecule has 1 rings (SSSR count). The van der Waals surface area contributed by atoms with Crippen LogP contribution in [0.4, 0.5) is 0 Å². The fraction of sp³-hybridized carbons (Fsp3) is 0.400. The summed E-state index contributed by atoms with van der Waals surface area (Å²) < 4.78 is 0. The van der Waals surface area contributed by atoms with E-state index in [9.17, 15) is 0 Å². The Hall–Kier alpha value is -0.240. The van der Waals surface area contributed by atoms with E-state index in [0.717, 1.165) is 18.4 Å². The second-order valence-electron chi connectivity index (χ2n) is 3.14. The Morgan fingerprint density at radius 1 is 1.31 bits per heavy atom. The number of hydrogen-bond acceptors (Lipinski definition) is 1. The standard InChI is InChI=1S/C10H12Cl2O/c1-7(13)2-3-8-4-5-9(11)10(12)6-8/h4-7,13H,2-3H2,1H3. The quantitative estimate of drug-likeness (QED) is 0.826. The predicted octanol–water partition coefficient (Wildman–Crippen LogP) is 3.31. The highest BCUT2D eigenvalue weighted by Crippen LogP contribution is 2.23. The van der Waals surface area contributed by atoms with Crippen molar-refractivity contribution in [3.05, 3.63) is 33.8 Å². The van der Waals surface area contributed by atoms with Crippen molar-refractivity contribution in [2.45, 2.75) is 25.9 Å². The van der Waals surface area contributed by atoms with Crippen LogP contribution in [0.2, 0.25) is 10.0 Å². The Morgan fingerprint density at radius 3 is 2.54 bits per heavy atom. The van der Waals surface area contributed by atoms with E-state index in [-0.39, 0.29) is 6.10 Å². The molecule has 0 heterocycles. The summed E-state index contributed by atoms with van der Waals surface area (Å²) in [4.78, 5) is 0. The highest BCUT2D eigenvalue weighted by molar-refractivity contribution is 6.42. The molecule has 0 bridgehead atoms. The zero-order valence-corrected chi connectivity index (χ0v) is 8.94. The molecule has 1 nitrogen and oxygen atoms in total. The Morgan fingerprint density at radius 2 is 2.00 bits per heavy atom. The zero-order valence-electron chi connectivity index (χ0n) is 7.43. The van der Waals surface area contributed by atoms with Gasteiger partial charge in [-0.1, -0.05) is 29.3 Å². The van der Waals surface area contributed by atoms with E-state index in [1.807, 2.05) is 12.1 Å². The third-order valence-electron chi connectivity index (χ3n) is 1.83. The molecule has 0 amide bonds. The number of hydrogen-bond donors (Lipinski definition) is 1. The molecular formula is C10H12Cl2O. The summed E-state index contributed by atoms with van der Waals surface area (Å²) in [5, 5.41) is 10.2. The summed E-state index contributed by atoms with van der Waals surface area (Å²) in [6.45, 7) is 1.78. The molecule has 3 heteroatoms. The van der Waals surface area contributed by atoms with Crippen LogP contribution in [0.15, 0.2) is 18.2 Å². The lowest BCUT2D eigenvalue weighted by atomic mass is 10.1. The first-order chi connectivity index (χ1) is 6.09. The summed E-state index contributed by atoms with van der Waals surface area (Å²) in [6, 6.07) is 5.55. The molecule has 0 aliphatic rings. The maximum Gasteiger partial charge on any atom is 0.0595 e. The van der Waals surface area contributed by atoms with Gasteiger partial charge in [-0.15, -0.1) is 0 Å². The Labute approximate surface area is 88.3 Å². The number of benzene rings is 1. The van der Waals surface area contributed by atoms with E-state index in [2.05, 4.69) is 0 Å². The first kappa shape index (κ1) is 10.8. The lowest BCUT2D eigenvalue weighted by Crippen LogP contribution is -2.01. The van der Waals surface area contributed by atoms with Crippen LogP contribution in [-0.2, 0) is 6.42 Å². The first-order valence-electron chi connectivity index (χ1n) is 4.21. The molecule has 0 aliphatic carbocycles. The molecule has 1 atom stereocenters. The number of aryl methyl sites for hydroxylation is 1. The molecule has 1 aromatic carbocycles. The topological polar surface area (TPSA) is 20.2 Å². The second-order valence-corrected chi connectivity index (χ2v) is 3.95. The van der Waals surface area contributed by atoms with Gasteiger partial charge >= 0.3 is 0 Å². The zero-order chi connectivity index (χ0) is 9.84. The maximum absolute atomic E-state index is 9.08. The van der Waals surface area contributed by atoms with Gasteiger partial charge in [0.15, 0.2) is 0 Å². The van der Waals surface area contributed by atoms with Gasteiger partial charge in [-0.05, 0) is 37.5 Å². The van der Waals surface area contributed by atoms with Gasteiger partial charge in [-0.2, -0.15) is 0 Å². The van der Waals surface area contributed by atoms with Gasteiger partial charge in [0.25, 0.3) is 0 Å². The fourth-order valence-electron chi connectivity index (χ4n) is 1.07. The molecule has 0 aromatic heterocycles. The molecule has 1 N–H and O–H groups in total. The molecular weight excluding hydrogens is 207 g/mol. The van der Waals surface area contributed by atoms with E-state index < -0.39 is 0 Å². The normalized spacial score (nSPS) is 12.9. The minimum Gasteiger partial charge on any atom is -0.393 e. The van der Waals surface area contributed by atoms with Gasteiger partial charge < -0.3 is 5.11 Å². The summed E-state index contributed by atoms with van der Waals surface area (Å²) in [7, 11) is 0. The van der Waals surface area contributed by atoms with Crippen LogP contribution in [0.1, 0.15) is 18.9 Å². The monoisotopic (exact) mass is 218 g/mol. The molecule has 1 aromatic rings. The van der Waals surface area contributed by atoms with Crippen LogP contribution in [0, 0.1) is 0 Å². The Bertz CT molecular complexity index is 284. The third-order valence-corrected chi connectivity index (χ3v) is 2.57. The van der Waals surface area contributed by atoms with Gasteiger partial charge in [0.05, 0.1) is 16.1 Å². The minimum absolute atomic E-state index is 0.269. The molecule has 72 valence electrons. The summed E-state index contributed by atoms with van der Waals surface area (Å²) in [5.41, 5.74) is 1.11. The predicted molar refractivity (Wildman–Crippen MR) is 56.5 cm³/mol. The van der Waals surface area contributed by atoms with Crippen molar-refractivity contribution in [3.63, 3.8) is 0 Å². The number of aliphatic hydroxyl groups is 1. The highest BCUT2D eigenvalue weighted by Gasteiger charge is 2.01. The average Bonchev–Trinajstić information content (AvgIpc) is 2.07. The Balaban J connectivity index is 2.63. The second kappa shape index (κ2) is 4.85. The van der Waals surface area contributed by atoms with Gasteiger partial charge in [0.1, 0.15) is 0 Å². The molecule has 1 unspecified atom stereocenters. The molecule has 0 aliphatic heterocycles. The lowest BCUT2D eigenvalue weighted by molar-refractivity contribution is 0.185. The fourth-order valence-corrected chi connectivity index (χ4v) is 1.39. The highest BCUT2D eigenvalue weighted by atomic mass is 35.5. The molecule has 13 heavy (non-hydrogen) atoms. The van der Waals surface area contributed by atoms with Crippen LogP contribution in [-0.4, -0.2) is 11.2 Å². The number of halogens is 2. The van der Waals surface area contributed by atoms with E-state index in [1.54, 1.807) is 13.0 Å². The number of rotatable bonds is 3. The summed E-state index contributed by atoms with van der Waals surface area (Å²) in [6.07, 6.45) is 1.31.